The predicted molar refractivity (Wildman–Crippen MR) is 89.4 cm³/mol. The predicted octanol–water partition coefficient (Wildman–Crippen LogP) is 2.06. The first kappa shape index (κ1) is 15.3. The van der Waals surface area contributed by atoms with E-state index in [4.69, 9.17) is 0 Å². The average Bonchev–Trinajstić information content (AvgIpc) is 2.86. The average molecular weight is 312 g/mol. The quantitative estimate of drug-likeness (QED) is 0.741. The first-order valence-electron chi connectivity index (χ1n) is 7.81. The summed E-state index contributed by atoms with van der Waals surface area (Å²) >= 11 is 0. The highest BCUT2D eigenvalue weighted by molar-refractivity contribution is 5.46. The Hall–Kier alpha value is -2.63. The number of aromatic nitrogens is 4. The molecule has 0 aliphatic heterocycles. The summed E-state index contributed by atoms with van der Waals surface area (Å²) < 4.78 is 4.24. The fraction of sp³-hybridized carbons (Fsp3) is 0.353. The van der Waals surface area contributed by atoms with Gasteiger partial charge in [0, 0.05) is 18.9 Å². The second kappa shape index (κ2) is 5.87. The van der Waals surface area contributed by atoms with Crippen LogP contribution in [-0.4, -0.2) is 18.7 Å². The molecular weight excluding hydrogens is 292 g/mol. The van der Waals surface area contributed by atoms with E-state index in [0.717, 1.165) is 29.7 Å². The van der Waals surface area contributed by atoms with Crippen LogP contribution in [0.3, 0.4) is 0 Å². The van der Waals surface area contributed by atoms with Crippen molar-refractivity contribution in [1.82, 2.24) is 18.7 Å². The molecule has 0 fully saturated rings. The lowest BCUT2D eigenvalue weighted by Crippen LogP contribution is -2.24. The molecule has 0 saturated heterocycles. The second-order valence-electron chi connectivity index (χ2n) is 5.82. The summed E-state index contributed by atoms with van der Waals surface area (Å²) in [5, 5.41) is 4.22. The van der Waals surface area contributed by atoms with Gasteiger partial charge in [-0.25, -0.2) is 13.9 Å². The Bertz CT molecular complexity index is 978. The standard InChI is InChI=1S/C17H20N4O2/c1-4-5-8-21-17(23)20-10-9-19(16(22)15(20)18-21)14-11-12(2)6-7-13(14)3/h6-7,9-11H,4-5,8H2,1-3H3. The van der Waals surface area contributed by atoms with Gasteiger partial charge in [0.1, 0.15) is 0 Å². The molecule has 0 saturated carbocycles. The van der Waals surface area contributed by atoms with Crippen LogP contribution in [0.25, 0.3) is 11.3 Å². The van der Waals surface area contributed by atoms with E-state index >= 15 is 0 Å². The smallest absolute Gasteiger partial charge is 0.279 e. The summed E-state index contributed by atoms with van der Waals surface area (Å²) in [6.07, 6.45) is 5.06. The van der Waals surface area contributed by atoms with Gasteiger partial charge in [-0.1, -0.05) is 25.5 Å². The Morgan fingerprint density at radius 1 is 1.13 bits per heavy atom. The normalized spacial score (nSPS) is 11.3. The Balaban J connectivity index is 2.21. The van der Waals surface area contributed by atoms with Crippen LogP contribution in [0.2, 0.25) is 0 Å². The molecule has 23 heavy (non-hydrogen) atoms. The number of unbranched alkanes of at least 4 members (excludes halogenated alkanes) is 1. The minimum atomic E-state index is -0.284. The molecule has 0 bridgehead atoms. The minimum Gasteiger partial charge on any atom is -0.279 e. The Morgan fingerprint density at radius 2 is 1.91 bits per heavy atom. The third-order valence-electron chi connectivity index (χ3n) is 3.99. The van der Waals surface area contributed by atoms with E-state index in [2.05, 4.69) is 5.10 Å². The van der Waals surface area contributed by atoms with Crippen LogP contribution in [0, 0.1) is 13.8 Å². The SMILES string of the molecule is CCCCn1nc2c(=O)n(-c3cc(C)ccc3C)ccn2c1=O. The van der Waals surface area contributed by atoms with Gasteiger partial charge in [-0.2, -0.15) is 0 Å². The van der Waals surface area contributed by atoms with Gasteiger partial charge in [-0.15, -0.1) is 5.10 Å². The van der Waals surface area contributed by atoms with E-state index in [0.29, 0.717) is 6.54 Å². The number of rotatable bonds is 4. The van der Waals surface area contributed by atoms with Crippen molar-refractivity contribution in [2.45, 2.75) is 40.2 Å². The first-order chi connectivity index (χ1) is 11.0. The van der Waals surface area contributed by atoms with Crippen LogP contribution in [0.15, 0.2) is 40.2 Å². The molecule has 0 atom stereocenters. The summed E-state index contributed by atoms with van der Waals surface area (Å²) in [5.41, 5.74) is 2.49. The van der Waals surface area contributed by atoms with Crippen molar-refractivity contribution in [1.29, 1.82) is 0 Å². The van der Waals surface area contributed by atoms with E-state index in [1.807, 2.05) is 39.0 Å². The van der Waals surface area contributed by atoms with E-state index in [1.54, 1.807) is 17.0 Å². The van der Waals surface area contributed by atoms with Gasteiger partial charge in [0.25, 0.3) is 0 Å². The van der Waals surface area contributed by atoms with Crippen LogP contribution in [0.4, 0.5) is 0 Å². The molecule has 0 N–H and O–H groups in total. The number of aryl methyl sites for hydroxylation is 3. The zero-order valence-electron chi connectivity index (χ0n) is 13.6. The highest BCUT2D eigenvalue weighted by Gasteiger charge is 2.13. The van der Waals surface area contributed by atoms with Crippen LogP contribution >= 0.6 is 0 Å². The van der Waals surface area contributed by atoms with Crippen LogP contribution in [-0.2, 0) is 6.54 Å². The second-order valence-corrected chi connectivity index (χ2v) is 5.82. The van der Waals surface area contributed by atoms with Crippen molar-refractivity contribution in [3.63, 3.8) is 0 Å². The Labute approximate surface area is 133 Å². The van der Waals surface area contributed by atoms with Gasteiger partial charge in [0.05, 0.1) is 5.69 Å². The lowest BCUT2D eigenvalue weighted by Gasteiger charge is -2.09. The third kappa shape index (κ3) is 2.60. The highest BCUT2D eigenvalue weighted by atomic mass is 16.2. The zero-order chi connectivity index (χ0) is 16.6. The van der Waals surface area contributed by atoms with Crippen molar-refractivity contribution in [2.75, 3.05) is 0 Å². The van der Waals surface area contributed by atoms with Crippen LogP contribution in [0.1, 0.15) is 30.9 Å². The molecule has 3 aromatic rings. The molecule has 0 unspecified atom stereocenters. The van der Waals surface area contributed by atoms with Crippen LogP contribution < -0.4 is 11.2 Å². The summed E-state index contributed by atoms with van der Waals surface area (Å²) in [4.78, 5) is 25.0. The molecule has 1 aromatic carbocycles. The lowest BCUT2D eigenvalue weighted by atomic mass is 10.1. The van der Waals surface area contributed by atoms with Crippen molar-refractivity contribution in [3.05, 3.63) is 62.6 Å². The monoisotopic (exact) mass is 312 g/mol. The molecule has 0 radical (unpaired) electrons. The lowest BCUT2D eigenvalue weighted by molar-refractivity contribution is 0.554. The maximum atomic E-state index is 12.8. The number of hydrogen-bond acceptors (Lipinski definition) is 3. The molecule has 120 valence electrons. The topological polar surface area (TPSA) is 61.3 Å². The molecule has 2 aromatic heterocycles. The molecular formula is C17H20N4O2. The number of nitrogens with zero attached hydrogens (tertiary/aromatic N) is 4. The molecule has 0 aliphatic carbocycles. The largest absolute Gasteiger partial charge is 0.350 e. The molecule has 0 spiro atoms. The number of benzene rings is 1. The van der Waals surface area contributed by atoms with Gasteiger partial charge < -0.3 is 0 Å². The molecule has 0 amide bonds. The van der Waals surface area contributed by atoms with Crippen molar-refractivity contribution >= 4 is 5.65 Å². The Morgan fingerprint density at radius 3 is 2.65 bits per heavy atom. The summed E-state index contributed by atoms with van der Waals surface area (Å²) in [5.74, 6) is 0. The summed E-state index contributed by atoms with van der Waals surface area (Å²) in [6.45, 7) is 6.52. The van der Waals surface area contributed by atoms with Crippen molar-refractivity contribution in [3.8, 4) is 5.69 Å². The maximum absolute atomic E-state index is 12.8. The van der Waals surface area contributed by atoms with Crippen LogP contribution in [0.5, 0.6) is 0 Å². The van der Waals surface area contributed by atoms with Crippen molar-refractivity contribution < 1.29 is 0 Å². The van der Waals surface area contributed by atoms with E-state index < -0.39 is 0 Å². The summed E-state index contributed by atoms with van der Waals surface area (Å²) in [6, 6.07) is 5.94. The van der Waals surface area contributed by atoms with Gasteiger partial charge in [0.15, 0.2) is 0 Å². The Kier molecular flexibility index (Phi) is 3.90. The minimum absolute atomic E-state index is 0.162. The van der Waals surface area contributed by atoms with Gasteiger partial charge >= 0.3 is 11.2 Å². The van der Waals surface area contributed by atoms with Gasteiger partial charge in [0.2, 0.25) is 5.65 Å². The molecule has 6 nitrogen and oxygen atoms in total. The molecule has 2 heterocycles. The third-order valence-corrected chi connectivity index (χ3v) is 3.99. The van der Waals surface area contributed by atoms with Gasteiger partial charge in [-0.3, -0.25) is 9.36 Å². The fourth-order valence-electron chi connectivity index (χ4n) is 2.63. The van der Waals surface area contributed by atoms with Crippen molar-refractivity contribution in [2.24, 2.45) is 0 Å². The summed E-state index contributed by atoms with van der Waals surface area (Å²) in [7, 11) is 0. The number of fused-ring (bicyclic) bond motifs is 1. The van der Waals surface area contributed by atoms with E-state index in [-0.39, 0.29) is 16.9 Å². The molecule has 0 aliphatic rings. The number of hydrogen-bond donors (Lipinski definition) is 0. The van der Waals surface area contributed by atoms with E-state index in [1.165, 1.54) is 9.08 Å². The van der Waals surface area contributed by atoms with Gasteiger partial charge in [-0.05, 0) is 37.5 Å². The molecule has 3 rings (SSSR count). The fourth-order valence-corrected chi connectivity index (χ4v) is 2.63. The highest BCUT2D eigenvalue weighted by Crippen LogP contribution is 2.14. The first-order valence-corrected chi connectivity index (χ1v) is 7.81. The van der Waals surface area contributed by atoms with E-state index in [9.17, 15) is 9.59 Å². The zero-order valence-corrected chi connectivity index (χ0v) is 13.6. The maximum Gasteiger partial charge on any atom is 0.350 e. The molecule has 6 heteroatoms.